The molecular weight excluding hydrogens is 539 g/mol. The molecule has 1 aliphatic carbocycles. The minimum atomic E-state index is -0.00729. The van der Waals surface area contributed by atoms with Crippen LogP contribution >= 0.6 is 24.8 Å². The number of nitrogens with zero attached hydrogens (tertiary/aromatic N) is 3. The quantitative estimate of drug-likeness (QED) is 0.257. The highest BCUT2D eigenvalue weighted by atomic mass is 35.5. The van der Waals surface area contributed by atoms with Crippen LogP contribution in [0.15, 0.2) is 66.7 Å². The zero-order valence-corrected chi connectivity index (χ0v) is 25.2. The molecule has 1 saturated heterocycles. The number of amides is 1. The smallest absolute Gasteiger partial charge is 0.226 e. The number of anilines is 1. The number of hydrogen-bond donors (Lipinski definition) is 1. The van der Waals surface area contributed by atoms with E-state index in [0.717, 1.165) is 62.3 Å². The standard InChI is InChI=1S/C33H38N4O.2ClH/c1-22(2)33(38)34-28-11-10-26-18-24(19-27(26)20-28)21-36-15-13-29(14-16-36)37-31-12-9-23(3)17-30(31)35-32(37)25-7-5-4-6-8-25;;/h4-12,17,20,22,24,29H,13-16,18-19,21H2,1-3H3,(H,34,38);2*1H. The third-order valence-corrected chi connectivity index (χ3v) is 8.33. The Morgan fingerprint density at radius 1 is 0.950 bits per heavy atom. The number of fused-ring (bicyclic) bond motifs is 2. The maximum Gasteiger partial charge on any atom is 0.226 e. The van der Waals surface area contributed by atoms with Crippen molar-refractivity contribution in [2.24, 2.45) is 11.8 Å². The Kier molecular flexibility index (Phi) is 9.60. The Labute approximate surface area is 250 Å². The van der Waals surface area contributed by atoms with Crippen LogP contribution < -0.4 is 5.32 Å². The Morgan fingerprint density at radius 3 is 2.40 bits per heavy atom. The molecule has 3 aromatic carbocycles. The first kappa shape index (κ1) is 30.1. The molecule has 40 heavy (non-hydrogen) atoms. The largest absolute Gasteiger partial charge is 0.326 e. The van der Waals surface area contributed by atoms with Crippen LogP contribution in [0.3, 0.4) is 0 Å². The summed E-state index contributed by atoms with van der Waals surface area (Å²) in [5.74, 6) is 1.82. The van der Waals surface area contributed by atoms with Gasteiger partial charge in [0.25, 0.3) is 0 Å². The second kappa shape index (κ2) is 12.8. The van der Waals surface area contributed by atoms with Crippen molar-refractivity contribution in [3.63, 3.8) is 0 Å². The lowest BCUT2D eigenvalue weighted by atomic mass is 10.00. The van der Waals surface area contributed by atoms with Crippen molar-refractivity contribution in [3.05, 3.63) is 83.4 Å². The molecule has 1 aliphatic heterocycles. The molecule has 0 bridgehead atoms. The van der Waals surface area contributed by atoms with Crippen LogP contribution in [-0.2, 0) is 17.6 Å². The molecule has 0 spiro atoms. The van der Waals surface area contributed by atoms with Gasteiger partial charge in [-0.2, -0.15) is 0 Å². The number of nitrogens with one attached hydrogen (secondary N) is 1. The van der Waals surface area contributed by atoms with Gasteiger partial charge in [0.05, 0.1) is 11.0 Å². The van der Waals surface area contributed by atoms with Gasteiger partial charge >= 0.3 is 0 Å². The van der Waals surface area contributed by atoms with Gasteiger partial charge < -0.3 is 14.8 Å². The van der Waals surface area contributed by atoms with E-state index >= 15 is 0 Å². The molecule has 0 radical (unpaired) electrons. The van der Waals surface area contributed by atoms with E-state index in [1.165, 1.54) is 27.8 Å². The molecule has 1 unspecified atom stereocenters. The second-order valence-electron chi connectivity index (χ2n) is 11.6. The summed E-state index contributed by atoms with van der Waals surface area (Å²) in [6.45, 7) is 9.38. The summed E-state index contributed by atoms with van der Waals surface area (Å²) >= 11 is 0. The van der Waals surface area contributed by atoms with Crippen LogP contribution in [0.2, 0.25) is 0 Å². The summed E-state index contributed by atoms with van der Waals surface area (Å²) in [6.07, 6.45) is 4.52. The van der Waals surface area contributed by atoms with E-state index in [4.69, 9.17) is 4.98 Å². The molecule has 1 amide bonds. The minimum Gasteiger partial charge on any atom is -0.326 e. The molecule has 2 heterocycles. The summed E-state index contributed by atoms with van der Waals surface area (Å²) in [5.41, 5.74) is 8.57. The molecule has 4 aromatic rings. The molecule has 212 valence electrons. The maximum atomic E-state index is 12.1. The lowest BCUT2D eigenvalue weighted by molar-refractivity contribution is -0.118. The van der Waals surface area contributed by atoms with E-state index in [1.54, 1.807) is 0 Å². The van der Waals surface area contributed by atoms with Gasteiger partial charge in [-0.15, -0.1) is 24.8 Å². The fourth-order valence-corrected chi connectivity index (χ4v) is 6.30. The van der Waals surface area contributed by atoms with E-state index in [0.29, 0.717) is 12.0 Å². The van der Waals surface area contributed by atoms with Gasteiger partial charge in [0.15, 0.2) is 0 Å². The molecule has 1 aromatic heterocycles. The van der Waals surface area contributed by atoms with E-state index in [2.05, 4.69) is 88.4 Å². The van der Waals surface area contributed by atoms with Crippen molar-refractivity contribution in [2.45, 2.75) is 52.5 Å². The van der Waals surface area contributed by atoms with Crippen LogP contribution in [0, 0.1) is 18.8 Å². The Bertz CT molecular complexity index is 1460. The third kappa shape index (κ3) is 6.22. The van der Waals surface area contributed by atoms with Gasteiger partial charge in [-0.25, -0.2) is 4.98 Å². The predicted octanol–water partition coefficient (Wildman–Crippen LogP) is 7.50. The van der Waals surface area contributed by atoms with Gasteiger partial charge in [0.2, 0.25) is 5.91 Å². The van der Waals surface area contributed by atoms with Gasteiger partial charge in [-0.1, -0.05) is 56.3 Å². The zero-order valence-electron chi connectivity index (χ0n) is 23.6. The highest BCUT2D eigenvalue weighted by Crippen LogP contribution is 2.35. The van der Waals surface area contributed by atoms with Crippen molar-refractivity contribution >= 4 is 47.4 Å². The lowest BCUT2D eigenvalue weighted by Gasteiger charge is -2.35. The van der Waals surface area contributed by atoms with Gasteiger partial charge in [-0.3, -0.25) is 4.79 Å². The van der Waals surface area contributed by atoms with E-state index in [-0.39, 0.29) is 36.6 Å². The van der Waals surface area contributed by atoms with Gasteiger partial charge in [0.1, 0.15) is 5.82 Å². The third-order valence-electron chi connectivity index (χ3n) is 8.33. The highest BCUT2D eigenvalue weighted by Gasteiger charge is 2.29. The molecule has 2 aliphatic rings. The van der Waals surface area contributed by atoms with Crippen molar-refractivity contribution in [2.75, 3.05) is 25.0 Å². The van der Waals surface area contributed by atoms with Crippen LogP contribution in [0.1, 0.15) is 49.4 Å². The fourth-order valence-electron chi connectivity index (χ4n) is 6.30. The number of imidazole rings is 1. The number of likely N-dealkylation sites (tertiary alicyclic amines) is 1. The molecule has 7 heteroatoms. The average Bonchev–Trinajstić information content (AvgIpc) is 3.49. The van der Waals surface area contributed by atoms with Crippen LogP contribution in [0.4, 0.5) is 5.69 Å². The fraction of sp³-hybridized carbons (Fsp3) is 0.394. The number of hydrogen-bond acceptors (Lipinski definition) is 3. The topological polar surface area (TPSA) is 50.2 Å². The van der Waals surface area contributed by atoms with E-state index < -0.39 is 0 Å². The normalized spacial score (nSPS) is 17.4. The number of aryl methyl sites for hydroxylation is 1. The summed E-state index contributed by atoms with van der Waals surface area (Å²) in [7, 11) is 0. The van der Waals surface area contributed by atoms with Crippen molar-refractivity contribution in [3.8, 4) is 11.4 Å². The van der Waals surface area contributed by atoms with Crippen molar-refractivity contribution in [1.82, 2.24) is 14.5 Å². The van der Waals surface area contributed by atoms with Crippen LogP contribution in [-0.4, -0.2) is 40.0 Å². The summed E-state index contributed by atoms with van der Waals surface area (Å²) in [6, 6.07) is 24.2. The van der Waals surface area contributed by atoms with Crippen molar-refractivity contribution in [1.29, 1.82) is 0 Å². The SMILES string of the molecule is Cc1ccc2c(c1)nc(-c1ccccc1)n2C1CCN(CC2Cc3ccc(NC(=O)C(C)C)cc3C2)CC1.Cl.Cl. The molecule has 1 N–H and O–H groups in total. The minimum absolute atomic E-state index is 0. The molecular formula is C33H40Cl2N4O. The Balaban J connectivity index is 0.00000185. The van der Waals surface area contributed by atoms with Gasteiger partial charge in [-0.05, 0) is 79.5 Å². The van der Waals surface area contributed by atoms with E-state index in [9.17, 15) is 4.79 Å². The molecule has 5 nitrogen and oxygen atoms in total. The first-order valence-corrected chi connectivity index (χ1v) is 14.1. The summed E-state index contributed by atoms with van der Waals surface area (Å²) in [5, 5.41) is 3.06. The maximum absolute atomic E-state index is 12.1. The molecule has 6 rings (SSSR count). The number of halogens is 2. The number of benzene rings is 3. The number of piperidine rings is 1. The van der Waals surface area contributed by atoms with Crippen LogP contribution in [0.25, 0.3) is 22.4 Å². The Morgan fingerprint density at radius 2 is 1.68 bits per heavy atom. The molecule has 0 saturated carbocycles. The summed E-state index contributed by atoms with van der Waals surface area (Å²) < 4.78 is 2.51. The first-order chi connectivity index (χ1) is 18.4. The van der Waals surface area contributed by atoms with Gasteiger partial charge in [0, 0.05) is 42.8 Å². The summed E-state index contributed by atoms with van der Waals surface area (Å²) in [4.78, 5) is 19.9. The predicted molar refractivity (Wildman–Crippen MR) is 170 cm³/mol. The van der Waals surface area contributed by atoms with E-state index in [1.807, 2.05) is 13.8 Å². The van der Waals surface area contributed by atoms with Crippen molar-refractivity contribution < 1.29 is 4.79 Å². The zero-order chi connectivity index (χ0) is 26.2. The number of carbonyl (C=O) groups excluding carboxylic acids is 1. The molecule has 1 atom stereocenters. The lowest BCUT2D eigenvalue weighted by Crippen LogP contribution is -2.38. The first-order valence-electron chi connectivity index (χ1n) is 14.1. The number of rotatable bonds is 6. The second-order valence-corrected chi connectivity index (χ2v) is 11.6. The monoisotopic (exact) mass is 578 g/mol. The highest BCUT2D eigenvalue weighted by molar-refractivity contribution is 5.92. The average molecular weight is 580 g/mol. The Hall–Kier alpha value is -2.86. The van der Waals surface area contributed by atoms with Crippen LogP contribution in [0.5, 0.6) is 0 Å². The number of carbonyl (C=O) groups is 1. The molecule has 1 fully saturated rings. The number of aromatic nitrogens is 2.